The van der Waals surface area contributed by atoms with E-state index in [0.29, 0.717) is 24.9 Å². The van der Waals surface area contributed by atoms with Crippen LogP contribution in [0, 0.1) is 0 Å². The molecule has 0 unspecified atom stereocenters. The van der Waals surface area contributed by atoms with Gasteiger partial charge in [0.2, 0.25) is 11.8 Å². The van der Waals surface area contributed by atoms with Gasteiger partial charge in [-0.2, -0.15) is 0 Å². The van der Waals surface area contributed by atoms with E-state index in [1.54, 1.807) is 18.3 Å². The number of nitrogens with zero attached hydrogens (tertiary/aromatic N) is 2. The number of nitrogens with one attached hydrogen (secondary N) is 1. The number of carbonyl (C=O) groups is 1. The van der Waals surface area contributed by atoms with Crippen LogP contribution in [0.5, 0.6) is 11.8 Å². The third kappa shape index (κ3) is 4.85. The van der Waals surface area contributed by atoms with Gasteiger partial charge in [0.15, 0.2) is 5.69 Å². The number of amides is 1. The van der Waals surface area contributed by atoms with E-state index in [0.717, 1.165) is 18.4 Å². The van der Waals surface area contributed by atoms with Crippen molar-refractivity contribution in [2.45, 2.75) is 45.3 Å². The minimum Gasteiger partial charge on any atom is -0.478 e. The molecule has 138 valence electrons. The molecule has 0 saturated heterocycles. The van der Waals surface area contributed by atoms with Gasteiger partial charge in [-0.1, -0.05) is 11.6 Å². The number of ether oxygens (including phenoxy) is 2. The van der Waals surface area contributed by atoms with Gasteiger partial charge in [0.25, 0.3) is 5.91 Å². The molecule has 6 nitrogen and oxygen atoms in total. The van der Waals surface area contributed by atoms with E-state index in [2.05, 4.69) is 15.3 Å². The van der Waals surface area contributed by atoms with E-state index in [4.69, 9.17) is 21.1 Å². The molecule has 1 amide bonds. The van der Waals surface area contributed by atoms with Gasteiger partial charge in [-0.05, 0) is 50.3 Å². The lowest BCUT2D eigenvalue weighted by Gasteiger charge is -2.13. The van der Waals surface area contributed by atoms with Crippen LogP contribution in [-0.4, -0.2) is 28.6 Å². The van der Waals surface area contributed by atoms with Crippen molar-refractivity contribution in [1.82, 2.24) is 15.3 Å². The molecule has 0 bridgehead atoms. The van der Waals surface area contributed by atoms with Crippen molar-refractivity contribution in [3.63, 3.8) is 0 Å². The summed E-state index contributed by atoms with van der Waals surface area (Å²) in [5.74, 6) is 0.614. The van der Waals surface area contributed by atoms with Crippen molar-refractivity contribution in [2.75, 3.05) is 6.61 Å². The predicted molar refractivity (Wildman–Crippen MR) is 98.7 cm³/mol. The highest BCUT2D eigenvalue weighted by atomic mass is 35.5. The molecule has 2 aromatic rings. The summed E-state index contributed by atoms with van der Waals surface area (Å²) >= 11 is 6.08. The minimum absolute atomic E-state index is 0.147. The van der Waals surface area contributed by atoms with Crippen LogP contribution in [0.2, 0.25) is 5.02 Å². The molecule has 1 aliphatic rings. The maximum atomic E-state index is 12.4. The molecule has 1 saturated carbocycles. The number of carbonyl (C=O) groups excluding carboxylic acids is 1. The monoisotopic (exact) mass is 375 g/mol. The number of pyridine rings is 2. The van der Waals surface area contributed by atoms with Crippen LogP contribution in [-0.2, 0) is 6.54 Å². The van der Waals surface area contributed by atoms with Crippen LogP contribution in [0.25, 0.3) is 0 Å². The maximum Gasteiger partial charge on any atom is 0.271 e. The Morgan fingerprint density at radius 3 is 2.85 bits per heavy atom. The molecule has 3 rings (SSSR count). The van der Waals surface area contributed by atoms with Gasteiger partial charge < -0.3 is 14.8 Å². The Balaban J connectivity index is 1.61. The van der Waals surface area contributed by atoms with Gasteiger partial charge in [0.05, 0.1) is 11.6 Å². The van der Waals surface area contributed by atoms with Crippen molar-refractivity contribution < 1.29 is 14.3 Å². The maximum absolute atomic E-state index is 12.4. The molecule has 0 atom stereocenters. The highest BCUT2D eigenvalue weighted by Crippen LogP contribution is 2.23. The lowest BCUT2D eigenvalue weighted by molar-refractivity contribution is 0.0944. The molecule has 0 radical (unpaired) electrons. The van der Waals surface area contributed by atoms with Crippen molar-refractivity contribution in [2.24, 2.45) is 0 Å². The zero-order valence-electron chi connectivity index (χ0n) is 14.7. The topological polar surface area (TPSA) is 73.3 Å². The molecule has 1 fully saturated rings. The van der Waals surface area contributed by atoms with Crippen molar-refractivity contribution in [1.29, 1.82) is 0 Å². The first-order chi connectivity index (χ1) is 12.7. The second-order valence-electron chi connectivity index (χ2n) is 6.12. The molecular formula is C19H22ClN3O3. The standard InChI is InChI=1S/C19H22ClN3O3/c1-2-25-16-8-7-15(20)18(23-16)19(24)22-12-13-9-10-21-17(11-13)26-14-5-3-4-6-14/h7-11,14H,2-6,12H2,1H3,(H,22,24). The second kappa shape index (κ2) is 8.85. The van der Waals surface area contributed by atoms with E-state index in [-0.39, 0.29) is 22.7 Å². The normalized spacial score (nSPS) is 14.2. The van der Waals surface area contributed by atoms with Gasteiger partial charge in [0, 0.05) is 24.9 Å². The van der Waals surface area contributed by atoms with Crippen molar-refractivity contribution >= 4 is 17.5 Å². The second-order valence-corrected chi connectivity index (χ2v) is 6.53. The largest absolute Gasteiger partial charge is 0.478 e. The molecule has 7 heteroatoms. The zero-order chi connectivity index (χ0) is 18.4. The molecule has 0 aliphatic heterocycles. The molecule has 0 spiro atoms. The molecule has 1 N–H and O–H groups in total. The van der Waals surface area contributed by atoms with E-state index in [9.17, 15) is 4.79 Å². The summed E-state index contributed by atoms with van der Waals surface area (Å²) in [7, 11) is 0. The number of halogens is 1. The fourth-order valence-corrected chi connectivity index (χ4v) is 3.07. The van der Waals surface area contributed by atoms with Crippen LogP contribution in [0.1, 0.15) is 48.7 Å². The first-order valence-electron chi connectivity index (χ1n) is 8.85. The number of aromatic nitrogens is 2. The van der Waals surface area contributed by atoms with Crippen molar-refractivity contribution in [3.05, 3.63) is 46.7 Å². The number of hydrogen-bond acceptors (Lipinski definition) is 5. The van der Waals surface area contributed by atoms with E-state index in [1.807, 2.05) is 19.1 Å². The Kier molecular flexibility index (Phi) is 6.28. The molecule has 26 heavy (non-hydrogen) atoms. The fourth-order valence-electron chi connectivity index (χ4n) is 2.88. The van der Waals surface area contributed by atoms with Gasteiger partial charge in [-0.3, -0.25) is 4.79 Å². The molecule has 0 aromatic carbocycles. The summed E-state index contributed by atoms with van der Waals surface area (Å²) in [5.41, 5.74) is 1.05. The molecule has 2 heterocycles. The lowest BCUT2D eigenvalue weighted by Crippen LogP contribution is -2.24. The molecule has 1 aliphatic carbocycles. The zero-order valence-corrected chi connectivity index (χ0v) is 15.5. The minimum atomic E-state index is -0.355. The van der Waals surface area contributed by atoms with Crippen LogP contribution in [0.3, 0.4) is 0 Å². The average Bonchev–Trinajstić information content (AvgIpc) is 3.15. The van der Waals surface area contributed by atoms with E-state index < -0.39 is 0 Å². The smallest absolute Gasteiger partial charge is 0.271 e. The lowest BCUT2D eigenvalue weighted by atomic mass is 10.2. The SMILES string of the molecule is CCOc1ccc(Cl)c(C(=O)NCc2ccnc(OC3CCCC3)c2)n1. The van der Waals surface area contributed by atoms with Gasteiger partial charge in [-0.15, -0.1) is 0 Å². The molecule has 2 aromatic heterocycles. The third-order valence-corrected chi connectivity index (χ3v) is 4.47. The first kappa shape index (κ1) is 18.5. The summed E-state index contributed by atoms with van der Waals surface area (Å²) < 4.78 is 11.2. The first-order valence-corrected chi connectivity index (χ1v) is 9.22. The third-order valence-electron chi connectivity index (χ3n) is 4.17. The van der Waals surface area contributed by atoms with Crippen LogP contribution >= 0.6 is 11.6 Å². The quantitative estimate of drug-likeness (QED) is 0.797. The van der Waals surface area contributed by atoms with Gasteiger partial charge in [0.1, 0.15) is 6.10 Å². The van der Waals surface area contributed by atoms with Gasteiger partial charge >= 0.3 is 0 Å². The van der Waals surface area contributed by atoms with Crippen LogP contribution in [0.4, 0.5) is 0 Å². The Morgan fingerprint density at radius 1 is 1.27 bits per heavy atom. The highest BCUT2D eigenvalue weighted by molar-refractivity contribution is 6.33. The van der Waals surface area contributed by atoms with Crippen molar-refractivity contribution in [3.8, 4) is 11.8 Å². The summed E-state index contributed by atoms with van der Waals surface area (Å²) in [4.78, 5) is 20.8. The van der Waals surface area contributed by atoms with Gasteiger partial charge in [-0.25, -0.2) is 9.97 Å². The highest BCUT2D eigenvalue weighted by Gasteiger charge is 2.17. The molecular weight excluding hydrogens is 354 g/mol. The number of rotatable bonds is 7. The predicted octanol–water partition coefficient (Wildman–Crippen LogP) is 3.78. The summed E-state index contributed by atoms with van der Waals surface area (Å²) in [6.07, 6.45) is 6.49. The summed E-state index contributed by atoms with van der Waals surface area (Å²) in [5, 5.41) is 3.10. The summed E-state index contributed by atoms with van der Waals surface area (Å²) in [6, 6.07) is 6.93. The Labute approximate surface area is 157 Å². The van der Waals surface area contributed by atoms with Crippen LogP contribution in [0.15, 0.2) is 30.5 Å². The summed E-state index contributed by atoms with van der Waals surface area (Å²) in [6.45, 7) is 2.65. The average molecular weight is 376 g/mol. The fraction of sp³-hybridized carbons (Fsp3) is 0.421. The Morgan fingerprint density at radius 2 is 2.08 bits per heavy atom. The van der Waals surface area contributed by atoms with E-state index >= 15 is 0 Å². The van der Waals surface area contributed by atoms with Crippen LogP contribution < -0.4 is 14.8 Å². The van der Waals surface area contributed by atoms with E-state index in [1.165, 1.54) is 12.8 Å². The Hall–Kier alpha value is -2.34. The Bertz CT molecular complexity index is 763. The number of hydrogen-bond donors (Lipinski definition) is 1.